The minimum atomic E-state index is 0.165. The second-order valence-corrected chi connectivity index (χ2v) is 4.96. The lowest BCUT2D eigenvalue weighted by Crippen LogP contribution is -2.12. The lowest BCUT2D eigenvalue weighted by atomic mass is 10.1. The Hall–Kier alpha value is -1.29. The summed E-state index contributed by atoms with van der Waals surface area (Å²) in [5.74, 6) is 2.36. The van der Waals surface area contributed by atoms with Crippen LogP contribution in [-0.4, -0.2) is 30.8 Å². The van der Waals surface area contributed by atoms with E-state index in [2.05, 4.69) is 10.3 Å². The van der Waals surface area contributed by atoms with Crippen molar-refractivity contribution in [2.45, 2.75) is 32.8 Å². The molecule has 1 aliphatic heterocycles. The summed E-state index contributed by atoms with van der Waals surface area (Å²) in [7, 11) is 0. The van der Waals surface area contributed by atoms with E-state index in [4.69, 9.17) is 9.47 Å². The fourth-order valence-corrected chi connectivity index (χ4v) is 2.08. The summed E-state index contributed by atoms with van der Waals surface area (Å²) in [5.41, 5.74) is 0. The fourth-order valence-electron chi connectivity index (χ4n) is 2.08. The molecule has 1 aromatic rings. The Balaban J connectivity index is 1.83. The van der Waals surface area contributed by atoms with Crippen molar-refractivity contribution in [1.29, 1.82) is 0 Å². The van der Waals surface area contributed by atoms with Crippen LogP contribution in [0.5, 0.6) is 5.75 Å². The van der Waals surface area contributed by atoms with Crippen LogP contribution in [0.1, 0.15) is 26.7 Å². The molecule has 1 aromatic heterocycles. The zero-order valence-electron chi connectivity index (χ0n) is 11.2. The predicted molar refractivity (Wildman–Crippen MR) is 72.0 cm³/mol. The van der Waals surface area contributed by atoms with Gasteiger partial charge in [-0.25, -0.2) is 4.98 Å². The third-order valence-corrected chi connectivity index (χ3v) is 3.00. The van der Waals surface area contributed by atoms with Crippen molar-refractivity contribution in [1.82, 2.24) is 4.98 Å². The maximum Gasteiger partial charge on any atom is 0.168 e. The van der Waals surface area contributed by atoms with Gasteiger partial charge in [-0.3, -0.25) is 0 Å². The lowest BCUT2D eigenvalue weighted by Gasteiger charge is -2.15. The van der Waals surface area contributed by atoms with E-state index in [0.717, 1.165) is 37.7 Å². The van der Waals surface area contributed by atoms with Crippen LogP contribution in [0.25, 0.3) is 0 Å². The standard InChI is InChI=1S/C14H22N2O2/c1-11(2)18-13-4-3-7-15-14(13)16-8-5-12-6-9-17-10-12/h3-4,7,11-12H,5-6,8-10H2,1-2H3,(H,15,16). The Kier molecular flexibility index (Phi) is 4.81. The molecule has 0 aliphatic carbocycles. The van der Waals surface area contributed by atoms with Crippen LogP contribution in [-0.2, 0) is 4.74 Å². The van der Waals surface area contributed by atoms with Crippen LogP contribution < -0.4 is 10.1 Å². The van der Waals surface area contributed by atoms with Gasteiger partial charge in [-0.15, -0.1) is 0 Å². The van der Waals surface area contributed by atoms with E-state index in [1.807, 2.05) is 26.0 Å². The Morgan fingerprint density at radius 1 is 1.56 bits per heavy atom. The number of ether oxygens (including phenoxy) is 2. The molecule has 1 aliphatic rings. The van der Waals surface area contributed by atoms with Crippen LogP contribution in [0.2, 0.25) is 0 Å². The zero-order valence-corrected chi connectivity index (χ0v) is 11.2. The first-order valence-corrected chi connectivity index (χ1v) is 6.69. The van der Waals surface area contributed by atoms with E-state index in [1.54, 1.807) is 6.20 Å². The van der Waals surface area contributed by atoms with Crippen molar-refractivity contribution in [2.75, 3.05) is 25.1 Å². The molecule has 100 valence electrons. The molecule has 4 nitrogen and oxygen atoms in total. The number of anilines is 1. The first kappa shape index (κ1) is 13.1. The number of pyridine rings is 1. The Bertz CT molecular complexity index is 363. The normalized spacial score (nSPS) is 19.2. The molecule has 1 saturated heterocycles. The third kappa shape index (κ3) is 3.88. The molecule has 0 bridgehead atoms. The number of hydrogen-bond acceptors (Lipinski definition) is 4. The summed E-state index contributed by atoms with van der Waals surface area (Å²) in [6, 6.07) is 3.85. The van der Waals surface area contributed by atoms with Crippen molar-refractivity contribution in [3.05, 3.63) is 18.3 Å². The first-order chi connectivity index (χ1) is 8.75. The summed E-state index contributed by atoms with van der Waals surface area (Å²) >= 11 is 0. The van der Waals surface area contributed by atoms with Gasteiger partial charge in [0.15, 0.2) is 11.6 Å². The molecule has 18 heavy (non-hydrogen) atoms. The highest BCUT2D eigenvalue weighted by Gasteiger charge is 2.15. The van der Waals surface area contributed by atoms with Crippen LogP contribution in [0.4, 0.5) is 5.82 Å². The Morgan fingerprint density at radius 2 is 2.44 bits per heavy atom. The van der Waals surface area contributed by atoms with E-state index in [0.29, 0.717) is 5.92 Å². The van der Waals surface area contributed by atoms with Crippen LogP contribution in [0.3, 0.4) is 0 Å². The first-order valence-electron chi connectivity index (χ1n) is 6.69. The highest BCUT2D eigenvalue weighted by atomic mass is 16.5. The van der Waals surface area contributed by atoms with Gasteiger partial charge in [0.2, 0.25) is 0 Å². The van der Waals surface area contributed by atoms with Gasteiger partial charge in [-0.2, -0.15) is 0 Å². The summed E-state index contributed by atoms with van der Waals surface area (Å²) < 4.78 is 11.1. The minimum absolute atomic E-state index is 0.165. The maximum atomic E-state index is 5.72. The van der Waals surface area contributed by atoms with E-state index >= 15 is 0 Å². The number of rotatable bonds is 6. The highest BCUT2D eigenvalue weighted by molar-refractivity contribution is 5.49. The van der Waals surface area contributed by atoms with Gasteiger partial charge >= 0.3 is 0 Å². The van der Waals surface area contributed by atoms with E-state index in [-0.39, 0.29) is 6.10 Å². The molecule has 4 heteroatoms. The number of hydrogen-bond donors (Lipinski definition) is 1. The molecule has 0 amide bonds. The summed E-state index contributed by atoms with van der Waals surface area (Å²) in [4.78, 5) is 4.33. The molecule has 0 saturated carbocycles. The van der Waals surface area contributed by atoms with Crippen molar-refractivity contribution < 1.29 is 9.47 Å². The van der Waals surface area contributed by atoms with Gasteiger partial charge in [0, 0.05) is 26.0 Å². The predicted octanol–water partition coefficient (Wildman–Crippen LogP) is 2.71. The number of nitrogens with one attached hydrogen (secondary N) is 1. The smallest absolute Gasteiger partial charge is 0.168 e. The van der Waals surface area contributed by atoms with Crippen molar-refractivity contribution in [2.24, 2.45) is 5.92 Å². The molecule has 0 spiro atoms. The lowest BCUT2D eigenvalue weighted by molar-refractivity contribution is 0.185. The largest absolute Gasteiger partial charge is 0.487 e. The molecule has 1 atom stereocenters. The van der Waals surface area contributed by atoms with Gasteiger partial charge < -0.3 is 14.8 Å². The minimum Gasteiger partial charge on any atom is -0.487 e. The highest BCUT2D eigenvalue weighted by Crippen LogP contribution is 2.23. The average Bonchev–Trinajstić information content (AvgIpc) is 2.84. The molecular weight excluding hydrogens is 228 g/mol. The SMILES string of the molecule is CC(C)Oc1cccnc1NCCC1CCOC1. The molecule has 1 fully saturated rings. The molecule has 1 N–H and O–H groups in total. The summed E-state index contributed by atoms with van der Waals surface area (Å²) in [6.45, 7) is 6.77. The topological polar surface area (TPSA) is 43.4 Å². The maximum absolute atomic E-state index is 5.72. The Labute approximate surface area is 109 Å². The second kappa shape index (κ2) is 6.59. The molecule has 0 aromatic carbocycles. The molecule has 2 rings (SSSR count). The van der Waals surface area contributed by atoms with Crippen molar-refractivity contribution in [3.63, 3.8) is 0 Å². The van der Waals surface area contributed by atoms with E-state index < -0.39 is 0 Å². The number of nitrogens with zero attached hydrogens (tertiary/aromatic N) is 1. The summed E-state index contributed by atoms with van der Waals surface area (Å²) in [5, 5.41) is 3.35. The fraction of sp³-hybridized carbons (Fsp3) is 0.643. The van der Waals surface area contributed by atoms with E-state index in [9.17, 15) is 0 Å². The van der Waals surface area contributed by atoms with Crippen LogP contribution in [0.15, 0.2) is 18.3 Å². The monoisotopic (exact) mass is 250 g/mol. The molecule has 1 unspecified atom stereocenters. The third-order valence-electron chi connectivity index (χ3n) is 3.00. The van der Waals surface area contributed by atoms with Gasteiger partial charge in [0.25, 0.3) is 0 Å². The summed E-state index contributed by atoms with van der Waals surface area (Å²) in [6.07, 6.45) is 4.25. The zero-order chi connectivity index (χ0) is 12.8. The Morgan fingerprint density at radius 3 is 3.17 bits per heavy atom. The van der Waals surface area contributed by atoms with Crippen LogP contribution in [0, 0.1) is 5.92 Å². The van der Waals surface area contributed by atoms with Gasteiger partial charge in [-0.1, -0.05) is 0 Å². The average molecular weight is 250 g/mol. The molecule has 2 heterocycles. The van der Waals surface area contributed by atoms with Gasteiger partial charge in [-0.05, 0) is 44.7 Å². The quantitative estimate of drug-likeness (QED) is 0.843. The van der Waals surface area contributed by atoms with Crippen LogP contribution >= 0.6 is 0 Å². The second-order valence-electron chi connectivity index (χ2n) is 4.96. The van der Waals surface area contributed by atoms with Crippen molar-refractivity contribution >= 4 is 5.82 Å². The van der Waals surface area contributed by atoms with Crippen molar-refractivity contribution in [3.8, 4) is 5.75 Å². The number of aromatic nitrogens is 1. The molecular formula is C14H22N2O2. The van der Waals surface area contributed by atoms with E-state index in [1.165, 1.54) is 6.42 Å². The molecule has 0 radical (unpaired) electrons. The van der Waals surface area contributed by atoms with Gasteiger partial charge in [0.1, 0.15) is 0 Å². The van der Waals surface area contributed by atoms with Gasteiger partial charge in [0.05, 0.1) is 6.10 Å².